The van der Waals surface area contributed by atoms with Gasteiger partial charge in [0, 0.05) is 42.5 Å². The number of H-pyrrole nitrogens is 1. The van der Waals surface area contributed by atoms with Crippen LogP contribution in [-0.4, -0.2) is 24.3 Å². The summed E-state index contributed by atoms with van der Waals surface area (Å²) in [6.45, 7) is 3.19. The Labute approximate surface area is 245 Å². The van der Waals surface area contributed by atoms with Crippen molar-refractivity contribution >= 4 is 20.9 Å². The van der Waals surface area contributed by atoms with Crippen molar-refractivity contribution < 1.29 is 17.2 Å². The van der Waals surface area contributed by atoms with Crippen LogP contribution < -0.4 is 5.56 Å². The van der Waals surface area contributed by atoms with Crippen LogP contribution in [0.15, 0.2) is 125 Å². The number of benzene rings is 3. The van der Waals surface area contributed by atoms with Crippen LogP contribution in [0.3, 0.4) is 0 Å². The molecule has 1 aromatic heterocycles. The highest BCUT2D eigenvalue weighted by molar-refractivity contribution is 7.89. The molecule has 1 N–H and O–H groups in total. The Morgan fingerprint density at radius 2 is 1.48 bits per heavy atom. The summed E-state index contributed by atoms with van der Waals surface area (Å²) in [5.74, 6) is -3.16. The molecule has 5 nitrogen and oxygen atoms in total. The van der Waals surface area contributed by atoms with Crippen molar-refractivity contribution in [1.29, 1.82) is 0 Å². The standard InChI is InChI=1S/C27H26F2N2O3S.C7H8/c1-3-31(18-20-7-5-4-6-8-20)35(33,34)22-12-9-19(10-13-22)15-21-11-14-25-23(16-21)24(27(2,28)29)17-26(32)30-25;1-2-4-6-7-5-3-1/h4-14,16-17H,3,15,18H2,1-2H3,(H,30,32);1-6H,7H2. The van der Waals surface area contributed by atoms with Crippen molar-refractivity contribution in [2.45, 2.75) is 44.1 Å². The number of halogens is 2. The smallest absolute Gasteiger partial charge is 0.271 e. The van der Waals surface area contributed by atoms with Crippen LogP contribution >= 0.6 is 0 Å². The number of pyridine rings is 1. The predicted molar refractivity (Wildman–Crippen MR) is 165 cm³/mol. The zero-order chi connectivity index (χ0) is 30.2. The summed E-state index contributed by atoms with van der Waals surface area (Å²) in [5, 5.41) is 0.285. The molecule has 0 unspecified atom stereocenters. The number of nitrogens with one attached hydrogen (secondary N) is 1. The molecular formula is C34H34F2N2O3S. The van der Waals surface area contributed by atoms with Gasteiger partial charge < -0.3 is 4.98 Å². The number of alkyl halides is 2. The molecule has 1 aliphatic rings. The Bertz CT molecular complexity index is 1740. The summed E-state index contributed by atoms with van der Waals surface area (Å²) in [4.78, 5) is 14.6. The lowest BCUT2D eigenvalue weighted by Crippen LogP contribution is -2.30. The largest absolute Gasteiger partial charge is 0.322 e. The number of sulfonamides is 1. The second kappa shape index (κ2) is 13.7. The molecule has 0 aliphatic heterocycles. The van der Waals surface area contributed by atoms with Gasteiger partial charge in [-0.25, -0.2) is 17.2 Å². The van der Waals surface area contributed by atoms with Crippen molar-refractivity contribution in [3.05, 3.63) is 148 Å². The fourth-order valence-electron chi connectivity index (χ4n) is 4.61. The SMILES string of the molecule is C1=CC=CCC=C1.CCN(Cc1ccccc1)S(=O)(=O)c1ccc(Cc2ccc3[nH]c(=O)cc(C(C)(F)F)c3c2)cc1. The molecule has 42 heavy (non-hydrogen) atoms. The van der Waals surface area contributed by atoms with E-state index in [2.05, 4.69) is 29.3 Å². The van der Waals surface area contributed by atoms with E-state index in [0.29, 0.717) is 18.5 Å². The Morgan fingerprint density at radius 1 is 0.833 bits per heavy atom. The lowest BCUT2D eigenvalue weighted by Gasteiger charge is -2.21. The lowest BCUT2D eigenvalue weighted by molar-refractivity contribution is 0.0189. The number of hydrogen-bond acceptors (Lipinski definition) is 3. The van der Waals surface area contributed by atoms with E-state index < -0.39 is 21.5 Å². The van der Waals surface area contributed by atoms with Crippen LogP contribution in [0.25, 0.3) is 10.9 Å². The van der Waals surface area contributed by atoms with Crippen LogP contribution in [0.4, 0.5) is 8.78 Å². The first-order valence-corrected chi connectivity index (χ1v) is 15.2. The third kappa shape index (κ3) is 7.99. The van der Waals surface area contributed by atoms with Gasteiger partial charge in [-0.1, -0.05) is 91.9 Å². The van der Waals surface area contributed by atoms with E-state index in [1.165, 1.54) is 4.31 Å². The summed E-state index contributed by atoms with van der Waals surface area (Å²) in [6.07, 6.45) is 13.9. The molecule has 4 aromatic rings. The Hall–Kier alpha value is -4.14. The van der Waals surface area contributed by atoms with Gasteiger partial charge in [-0.05, 0) is 53.8 Å². The van der Waals surface area contributed by atoms with E-state index in [0.717, 1.165) is 36.1 Å². The van der Waals surface area contributed by atoms with Gasteiger partial charge in [-0.15, -0.1) is 0 Å². The molecule has 0 bridgehead atoms. The molecule has 8 heteroatoms. The molecule has 0 amide bonds. The Kier molecular flexibility index (Phi) is 10.0. The third-order valence-electron chi connectivity index (χ3n) is 6.78. The van der Waals surface area contributed by atoms with Gasteiger partial charge in [0.05, 0.1) is 4.90 Å². The zero-order valence-electron chi connectivity index (χ0n) is 23.6. The maximum absolute atomic E-state index is 14.1. The lowest BCUT2D eigenvalue weighted by atomic mass is 9.99. The molecule has 0 radical (unpaired) electrons. The summed E-state index contributed by atoms with van der Waals surface area (Å²) < 4.78 is 56.0. The number of aromatic nitrogens is 1. The fraction of sp³-hybridized carbons (Fsp3) is 0.206. The molecule has 218 valence electrons. The van der Waals surface area contributed by atoms with Gasteiger partial charge in [0.25, 0.3) is 5.92 Å². The fourth-order valence-corrected chi connectivity index (χ4v) is 6.05. The second-order valence-corrected chi connectivity index (χ2v) is 12.0. The van der Waals surface area contributed by atoms with E-state index >= 15 is 0 Å². The number of aromatic amines is 1. The highest BCUT2D eigenvalue weighted by Gasteiger charge is 2.27. The topological polar surface area (TPSA) is 70.2 Å². The third-order valence-corrected chi connectivity index (χ3v) is 8.72. The van der Waals surface area contributed by atoms with Gasteiger partial charge in [-0.3, -0.25) is 4.79 Å². The Morgan fingerprint density at radius 3 is 2.10 bits per heavy atom. The average molecular weight is 589 g/mol. The molecule has 0 spiro atoms. The maximum atomic E-state index is 14.1. The first-order chi connectivity index (χ1) is 20.1. The normalized spacial score (nSPS) is 13.2. The molecule has 0 saturated carbocycles. The highest BCUT2D eigenvalue weighted by atomic mass is 32.2. The molecule has 5 rings (SSSR count). The summed E-state index contributed by atoms with van der Waals surface area (Å²) in [7, 11) is -3.68. The number of allylic oxidation sites excluding steroid dienone is 6. The minimum absolute atomic E-state index is 0.197. The Balaban J connectivity index is 0.000000507. The number of rotatable bonds is 8. The van der Waals surface area contributed by atoms with Crippen molar-refractivity contribution in [2.24, 2.45) is 0 Å². The zero-order valence-corrected chi connectivity index (χ0v) is 24.5. The van der Waals surface area contributed by atoms with Crippen molar-refractivity contribution in [3.8, 4) is 0 Å². The molecule has 0 saturated heterocycles. The molecule has 1 heterocycles. The number of nitrogens with zero attached hydrogens (tertiary/aromatic N) is 1. The van der Waals surface area contributed by atoms with Gasteiger partial charge >= 0.3 is 0 Å². The van der Waals surface area contributed by atoms with Crippen LogP contribution in [0, 0.1) is 0 Å². The summed E-state index contributed by atoms with van der Waals surface area (Å²) >= 11 is 0. The molecule has 3 aromatic carbocycles. The minimum atomic E-state index is -3.68. The van der Waals surface area contributed by atoms with E-state index in [1.807, 2.05) is 42.5 Å². The van der Waals surface area contributed by atoms with Crippen LogP contribution in [0.1, 0.15) is 42.5 Å². The van der Waals surface area contributed by atoms with Crippen LogP contribution in [0.2, 0.25) is 0 Å². The summed E-state index contributed by atoms with van der Waals surface area (Å²) in [6, 6.07) is 22.0. The molecule has 1 aliphatic carbocycles. The molecule has 0 fully saturated rings. The van der Waals surface area contributed by atoms with E-state index in [1.54, 1.807) is 49.4 Å². The van der Waals surface area contributed by atoms with Crippen molar-refractivity contribution in [3.63, 3.8) is 0 Å². The van der Waals surface area contributed by atoms with Gasteiger partial charge in [0.15, 0.2) is 0 Å². The van der Waals surface area contributed by atoms with Gasteiger partial charge in [-0.2, -0.15) is 4.31 Å². The van der Waals surface area contributed by atoms with E-state index in [4.69, 9.17) is 0 Å². The van der Waals surface area contributed by atoms with Gasteiger partial charge in [0.2, 0.25) is 15.6 Å². The average Bonchev–Trinajstić information content (AvgIpc) is 3.30. The second-order valence-electron chi connectivity index (χ2n) is 10.0. The first-order valence-electron chi connectivity index (χ1n) is 13.7. The van der Waals surface area contributed by atoms with E-state index in [9.17, 15) is 22.0 Å². The van der Waals surface area contributed by atoms with Crippen molar-refractivity contribution in [1.82, 2.24) is 9.29 Å². The number of fused-ring (bicyclic) bond motifs is 1. The maximum Gasteiger partial charge on any atom is 0.271 e. The minimum Gasteiger partial charge on any atom is -0.322 e. The van der Waals surface area contributed by atoms with E-state index in [-0.39, 0.29) is 22.4 Å². The molecule has 0 atom stereocenters. The highest BCUT2D eigenvalue weighted by Crippen LogP contribution is 2.32. The monoisotopic (exact) mass is 588 g/mol. The van der Waals surface area contributed by atoms with Crippen LogP contribution in [-0.2, 0) is 28.9 Å². The number of hydrogen-bond donors (Lipinski definition) is 1. The predicted octanol–water partition coefficient (Wildman–Crippen LogP) is 7.50. The molecular weight excluding hydrogens is 554 g/mol. The van der Waals surface area contributed by atoms with Crippen molar-refractivity contribution in [2.75, 3.05) is 6.54 Å². The van der Waals surface area contributed by atoms with Gasteiger partial charge in [0.1, 0.15) is 0 Å². The van der Waals surface area contributed by atoms with Crippen LogP contribution in [0.5, 0.6) is 0 Å². The quantitative estimate of drug-likeness (QED) is 0.232. The summed E-state index contributed by atoms with van der Waals surface area (Å²) in [5.41, 5.74) is 1.96. The first kappa shape index (κ1) is 30.8.